The molecule has 1 heterocycles. The van der Waals surface area contributed by atoms with Crippen LogP contribution < -0.4 is 10.9 Å². The minimum Gasteiger partial charge on any atom is -0.449 e. The smallest absolute Gasteiger partial charge is 0.426 e. The summed E-state index contributed by atoms with van der Waals surface area (Å²) in [7, 11) is 0. The Hall–Kier alpha value is -2.57. The van der Waals surface area contributed by atoms with Crippen molar-refractivity contribution in [2.75, 3.05) is 6.61 Å². The predicted molar refractivity (Wildman–Crippen MR) is 68.5 cm³/mol. The lowest BCUT2D eigenvalue weighted by Crippen LogP contribution is -2.42. The molecule has 0 saturated carbocycles. The second-order valence-electron chi connectivity index (χ2n) is 3.97. The predicted octanol–water partition coefficient (Wildman–Crippen LogP) is 2.27. The number of furan rings is 1. The molecule has 2 aromatic rings. The van der Waals surface area contributed by atoms with Crippen LogP contribution in [0.15, 0.2) is 22.6 Å². The zero-order chi connectivity index (χ0) is 14.7. The first kappa shape index (κ1) is 13.9. The fraction of sp³-hybridized carbons (Fsp3) is 0.231. The van der Waals surface area contributed by atoms with Gasteiger partial charge in [0.1, 0.15) is 0 Å². The molecule has 0 aliphatic heterocycles. The summed E-state index contributed by atoms with van der Waals surface area (Å²) in [6, 6.07) is 4.41. The third-order valence-electron chi connectivity index (χ3n) is 2.68. The molecule has 1 aromatic carbocycles. The summed E-state index contributed by atoms with van der Waals surface area (Å²) in [5.74, 6) is -1.31. The SMILES string of the molecule is CCOC(=O)NNC(=O)c1oc2c(F)cccc2c1C. The lowest BCUT2D eigenvalue weighted by Gasteiger charge is -2.05. The summed E-state index contributed by atoms with van der Waals surface area (Å²) in [5, 5.41) is 0.506. The number of hydrazine groups is 1. The van der Waals surface area contributed by atoms with Crippen LogP contribution in [0, 0.1) is 12.7 Å². The van der Waals surface area contributed by atoms with Crippen molar-refractivity contribution < 1.29 is 23.1 Å². The highest BCUT2D eigenvalue weighted by molar-refractivity contribution is 5.99. The first-order chi connectivity index (χ1) is 9.54. The molecular formula is C13H13FN2O4. The van der Waals surface area contributed by atoms with Gasteiger partial charge in [0.2, 0.25) is 0 Å². The third-order valence-corrected chi connectivity index (χ3v) is 2.68. The normalized spacial score (nSPS) is 10.3. The van der Waals surface area contributed by atoms with Gasteiger partial charge >= 0.3 is 12.0 Å². The molecule has 7 heteroatoms. The number of hydrogen-bond donors (Lipinski definition) is 2. The maximum absolute atomic E-state index is 13.5. The number of rotatable bonds is 2. The Labute approximate surface area is 113 Å². The molecule has 0 aliphatic carbocycles. The van der Waals surface area contributed by atoms with Gasteiger partial charge in [-0.3, -0.25) is 10.2 Å². The fourth-order valence-corrected chi connectivity index (χ4v) is 1.76. The Morgan fingerprint density at radius 2 is 2.10 bits per heavy atom. The minimum absolute atomic E-state index is 0.00582. The van der Waals surface area contributed by atoms with E-state index in [-0.39, 0.29) is 18.0 Å². The molecule has 6 nitrogen and oxygen atoms in total. The molecule has 0 spiro atoms. The number of aryl methyl sites for hydroxylation is 1. The number of amides is 2. The van der Waals surface area contributed by atoms with E-state index in [9.17, 15) is 14.0 Å². The van der Waals surface area contributed by atoms with Gasteiger partial charge in [-0.25, -0.2) is 14.6 Å². The van der Waals surface area contributed by atoms with Crippen molar-refractivity contribution in [2.24, 2.45) is 0 Å². The second kappa shape index (κ2) is 5.60. The van der Waals surface area contributed by atoms with Crippen LogP contribution in [-0.2, 0) is 4.74 Å². The molecule has 0 radical (unpaired) electrons. The van der Waals surface area contributed by atoms with Crippen LogP contribution in [-0.4, -0.2) is 18.6 Å². The molecule has 2 rings (SSSR count). The summed E-state index contributed by atoms with van der Waals surface area (Å²) < 4.78 is 23.3. The molecule has 106 valence electrons. The molecule has 20 heavy (non-hydrogen) atoms. The van der Waals surface area contributed by atoms with Crippen LogP contribution in [0.1, 0.15) is 23.0 Å². The van der Waals surface area contributed by atoms with Crippen LogP contribution in [0.2, 0.25) is 0 Å². The Bertz CT molecular complexity index is 666. The van der Waals surface area contributed by atoms with Crippen LogP contribution in [0.4, 0.5) is 9.18 Å². The Kier molecular flexibility index (Phi) is 3.88. The average Bonchev–Trinajstić information content (AvgIpc) is 2.76. The maximum Gasteiger partial charge on any atom is 0.426 e. The molecular weight excluding hydrogens is 267 g/mol. The molecule has 0 saturated heterocycles. The molecule has 0 fully saturated rings. The van der Waals surface area contributed by atoms with E-state index in [0.717, 1.165) is 0 Å². The van der Waals surface area contributed by atoms with Crippen LogP contribution in [0.5, 0.6) is 0 Å². The number of carbonyl (C=O) groups excluding carboxylic acids is 2. The highest BCUT2D eigenvalue weighted by Gasteiger charge is 2.19. The summed E-state index contributed by atoms with van der Waals surface area (Å²) in [6.45, 7) is 3.44. The zero-order valence-corrected chi connectivity index (χ0v) is 11.0. The van der Waals surface area contributed by atoms with E-state index in [4.69, 9.17) is 4.42 Å². The van der Waals surface area contributed by atoms with Crippen molar-refractivity contribution >= 4 is 23.0 Å². The highest BCUT2D eigenvalue weighted by Crippen LogP contribution is 2.26. The van der Waals surface area contributed by atoms with Gasteiger partial charge in [-0.2, -0.15) is 0 Å². The number of benzene rings is 1. The Morgan fingerprint density at radius 3 is 2.75 bits per heavy atom. The summed E-state index contributed by atoms with van der Waals surface area (Å²) >= 11 is 0. The number of nitrogens with one attached hydrogen (secondary N) is 2. The van der Waals surface area contributed by atoms with Gasteiger partial charge in [-0.05, 0) is 19.9 Å². The topological polar surface area (TPSA) is 80.6 Å². The van der Waals surface area contributed by atoms with E-state index in [1.54, 1.807) is 19.9 Å². The second-order valence-corrected chi connectivity index (χ2v) is 3.97. The quantitative estimate of drug-likeness (QED) is 0.827. The Morgan fingerprint density at radius 1 is 1.35 bits per heavy atom. The van der Waals surface area contributed by atoms with Crippen molar-refractivity contribution in [3.05, 3.63) is 35.3 Å². The minimum atomic E-state index is -0.791. The standard InChI is InChI=1S/C13H13FN2O4/c1-3-19-13(18)16-15-12(17)10-7(2)8-5-4-6-9(14)11(8)20-10/h4-6H,3H2,1-2H3,(H,15,17)(H,16,18). The summed E-state index contributed by atoms with van der Waals surface area (Å²) in [4.78, 5) is 22.9. The molecule has 1 aromatic heterocycles. The molecule has 2 amide bonds. The lowest BCUT2D eigenvalue weighted by atomic mass is 10.1. The van der Waals surface area contributed by atoms with Crippen molar-refractivity contribution in [3.8, 4) is 0 Å². The summed E-state index contributed by atoms with van der Waals surface area (Å²) in [5.41, 5.74) is 4.67. The van der Waals surface area contributed by atoms with Gasteiger partial charge < -0.3 is 9.15 Å². The molecule has 2 N–H and O–H groups in total. The third kappa shape index (κ3) is 2.56. The number of carbonyl (C=O) groups is 2. The number of hydrogen-bond acceptors (Lipinski definition) is 4. The monoisotopic (exact) mass is 280 g/mol. The van der Waals surface area contributed by atoms with Crippen molar-refractivity contribution in [1.29, 1.82) is 0 Å². The molecule has 0 unspecified atom stereocenters. The van der Waals surface area contributed by atoms with Gasteiger partial charge in [-0.1, -0.05) is 12.1 Å². The van der Waals surface area contributed by atoms with Gasteiger partial charge in [0.25, 0.3) is 0 Å². The average molecular weight is 280 g/mol. The van der Waals surface area contributed by atoms with E-state index < -0.39 is 17.8 Å². The molecule has 0 aliphatic rings. The largest absolute Gasteiger partial charge is 0.449 e. The van der Waals surface area contributed by atoms with Crippen LogP contribution >= 0.6 is 0 Å². The molecule has 0 bridgehead atoms. The van der Waals surface area contributed by atoms with Gasteiger partial charge in [0.05, 0.1) is 6.61 Å². The number of para-hydroxylation sites is 1. The first-order valence-corrected chi connectivity index (χ1v) is 5.95. The van der Waals surface area contributed by atoms with Gasteiger partial charge in [0, 0.05) is 10.9 Å². The Balaban J connectivity index is 2.20. The van der Waals surface area contributed by atoms with E-state index in [0.29, 0.717) is 10.9 Å². The van der Waals surface area contributed by atoms with Crippen molar-refractivity contribution in [2.45, 2.75) is 13.8 Å². The van der Waals surface area contributed by atoms with Crippen molar-refractivity contribution in [1.82, 2.24) is 10.9 Å². The fourth-order valence-electron chi connectivity index (χ4n) is 1.76. The number of halogens is 1. The zero-order valence-electron chi connectivity index (χ0n) is 11.0. The van der Waals surface area contributed by atoms with Gasteiger partial charge in [-0.15, -0.1) is 0 Å². The van der Waals surface area contributed by atoms with Crippen molar-refractivity contribution in [3.63, 3.8) is 0 Å². The molecule has 0 atom stereocenters. The maximum atomic E-state index is 13.5. The van der Waals surface area contributed by atoms with Crippen LogP contribution in [0.3, 0.4) is 0 Å². The first-order valence-electron chi connectivity index (χ1n) is 5.95. The van der Waals surface area contributed by atoms with E-state index >= 15 is 0 Å². The number of ether oxygens (including phenoxy) is 1. The van der Waals surface area contributed by atoms with Crippen LogP contribution in [0.25, 0.3) is 11.0 Å². The lowest BCUT2D eigenvalue weighted by molar-refractivity contribution is 0.0886. The van der Waals surface area contributed by atoms with E-state index in [2.05, 4.69) is 15.6 Å². The van der Waals surface area contributed by atoms with E-state index in [1.807, 2.05) is 0 Å². The highest BCUT2D eigenvalue weighted by atomic mass is 19.1. The summed E-state index contributed by atoms with van der Waals surface area (Å²) in [6.07, 6.45) is -0.791. The van der Waals surface area contributed by atoms with Gasteiger partial charge in [0.15, 0.2) is 17.2 Å². The van der Waals surface area contributed by atoms with E-state index in [1.165, 1.54) is 12.1 Å². The number of fused-ring (bicyclic) bond motifs is 1.